The smallest absolute Gasteiger partial charge is 0.408 e. The van der Waals surface area contributed by atoms with Crippen LogP contribution in [0.2, 0.25) is 0 Å². The molecule has 1 N–H and O–H groups in total. The SMILES string of the molecule is COc1ccc(C2(c3nccs3)CCNC(=O)O2)cc1OC. The molecule has 1 amide bonds. The van der Waals surface area contributed by atoms with Gasteiger partial charge in [-0.3, -0.25) is 0 Å². The lowest BCUT2D eigenvalue weighted by Gasteiger charge is -2.35. The van der Waals surface area contributed by atoms with E-state index in [1.54, 1.807) is 26.5 Å². The third-order valence-corrected chi connectivity index (χ3v) is 4.56. The lowest BCUT2D eigenvalue weighted by atomic mass is 9.89. The Labute approximate surface area is 132 Å². The average Bonchev–Trinajstić information content (AvgIpc) is 3.09. The number of carbonyl (C=O) groups is 1. The number of hydrogen-bond donors (Lipinski definition) is 1. The number of methoxy groups -OCH3 is 2. The van der Waals surface area contributed by atoms with Crippen molar-refractivity contribution in [3.63, 3.8) is 0 Å². The normalized spacial score (nSPS) is 20.9. The largest absolute Gasteiger partial charge is 0.493 e. The van der Waals surface area contributed by atoms with Crippen molar-refractivity contribution < 1.29 is 19.0 Å². The maximum atomic E-state index is 11.8. The summed E-state index contributed by atoms with van der Waals surface area (Å²) in [5, 5.41) is 5.29. The molecular formula is C15H16N2O4S. The second-order valence-corrected chi connectivity index (χ2v) is 5.69. The Kier molecular flexibility index (Phi) is 3.89. The summed E-state index contributed by atoms with van der Waals surface area (Å²) in [5.74, 6) is 1.21. The van der Waals surface area contributed by atoms with E-state index in [1.165, 1.54) is 11.3 Å². The fraction of sp³-hybridized carbons (Fsp3) is 0.333. The van der Waals surface area contributed by atoms with Gasteiger partial charge in [0.1, 0.15) is 5.01 Å². The van der Waals surface area contributed by atoms with Crippen molar-refractivity contribution in [3.8, 4) is 11.5 Å². The number of rotatable bonds is 4. The van der Waals surface area contributed by atoms with Gasteiger partial charge >= 0.3 is 6.09 Å². The van der Waals surface area contributed by atoms with E-state index in [0.29, 0.717) is 24.5 Å². The fourth-order valence-corrected chi connectivity index (χ4v) is 3.40. The number of benzene rings is 1. The lowest BCUT2D eigenvalue weighted by Crippen LogP contribution is -2.46. The molecule has 1 fully saturated rings. The van der Waals surface area contributed by atoms with Crippen LogP contribution in [0.4, 0.5) is 4.79 Å². The van der Waals surface area contributed by atoms with Crippen molar-refractivity contribution in [1.82, 2.24) is 10.3 Å². The molecule has 1 aromatic heterocycles. The minimum Gasteiger partial charge on any atom is -0.493 e. The highest BCUT2D eigenvalue weighted by molar-refractivity contribution is 7.09. The molecule has 2 aromatic rings. The molecule has 1 atom stereocenters. The second-order valence-electron chi connectivity index (χ2n) is 4.80. The second kappa shape index (κ2) is 5.84. The molecule has 1 saturated heterocycles. The molecule has 0 radical (unpaired) electrons. The number of carbonyl (C=O) groups excluding carboxylic acids is 1. The molecule has 0 saturated carbocycles. The summed E-state index contributed by atoms with van der Waals surface area (Å²) in [6.45, 7) is 0.521. The van der Waals surface area contributed by atoms with Crippen LogP contribution in [0.3, 0.4) is 0 Å². The zero-order valence-electron chi connectivity index (χ0n) is 12.3. The van der Waals surface area contributed by atoms with Crippen molar-refractivity contribution in [3.05, 3.63) is 40.3 Å². The number of thiazole rings is 1. The van der Waals surface area contributed by atoms with Gasteiger partial charge in [-0.25, -0.2) is 9.78 Å². The predicted octanol–water partition coefficient (Wildman–Crippen LogP) is 2.53. The zero-order valence-corrected chi connectivity index (χ0v) is 13.1. The van der Waals surface area contributed by atoms with Gasteiger partial charge in [0.15, 0.2) is 17.1 Å². The molecule has 3 rings (SSSR count). The molecule has 0 aliphatic carbocycles. The molecule has 0 spiro atoms. The number of amides is 1. The molecule has 0 bridgehead atoms. The van der Waals surface area contributed by atoms with Crippen molar-refractivity contribution in [1.29, 1.82) is 0 Å². The van der Waals surface area contributed by atoms with Crippen molar-refractivity contribution >= 4 is 17.4 Å². The molecule has 1 aliphatic rings. The van der Waals surface area contributed by atoms with E-state index in [9.17, 15) is 4.79 Å². The maximum absolute atomic E-state index is 11.8. The van der Waals surface area contributed by atoms with Crippen LogP contribution in [0.25, 0.3) is 0 Å². The van der Waals surface area contributed by atoms with E-state index < -0.39 is 11.7 Å². The van der Waals surface area contributed by atoms with Crippen LogP contribution in [-0.4, -0.2) is 31.8 Å². The van der Waals surface area contributed by atoms with Crippen LogP contribution >= 0.6 is 11.3 Å². The number of nitrogens with zero attached hydrogens (tertiary/aromatic N) is 1. The van der Waals surface area contributed by atoms with E-state index in [0.717, 1.165) is 10.6 Å². The third kappa shape index (κ3) is 2.37. The van der Waals surface area contributed by atoms with Crippen molar-refractivity contribution in [2.24, 2.45) is 0 Å². The first-order valence-electron chi connectivity index (χ1n) is 6.79. The van der Waals surface area contributed by atoms with Crippen LogP contribution < -0.4 is 14.8 Å². The Morgan fingerprint density at radius 2 is 2.14 bits per heavy atom. The molecule has 1 aromatic carbocycles. The summed E-state index contributed by atoms with van der Waals surface area (Å²) >= 11 is 1.46. The number of nitrogens with one attached hydrogen (secondary N) is 1. The van der Waals surface area contributed by atoms with Crippen LogP contribution in [-0.2, 0) is 10.3 Å². The van der Waals surface area contributed by atoms with E-state index in [1.807, 2.05) is 17.5 Å². The summed E-state index contributed by atoms with van der Waals surface area (Å²) in [6, 6.07) is 5.51. The van der Waals surface area contributed by atoms with Crippen molar-refractivity contribution in [2.45, 2.75) is 12.0 Å². The Bertz CT molecular complexity index is 674. The van der Waals surface area contributed by atoms with E-state index in [2.05, 4.69) is 10.3 Å². The monoisotopic (exact) mass is 320 g/mol. The van der Waals surface area contributed by atoms with Crippen molar-refractivity contribution in [2.75, 3.05) is 20.8 Å². The van der Waals surface area contributed by atoms with Crippen LogP contribution in [0.1, 0.15) is 17.0 Å². The molecule has 1 aliphatic heterocycles. The van der Waals surface area contributed by atoms with Gasteiger partial charge in [0.2, 0.25) is 0 Å². The molecule has 22 heavy (non-hydrogen) atoms. The maximum Gasteiger partial charge on any atom is 0.408 e. The Balaban J connectivity index is 2.12. The van der Waals surface area contributed by atoms with Gasteiger partial charge in [-0.05, 0) is 12.1 Å². The minimum atomic E-state index is -0.893. The topological polar surface area (TPSA) is 69.7 Å². The lowest BCUT2D eigenvalue weighted by molar-refractivity contribution is 0.0133. The summed E-state index contributed by atoms with van der Waals surface area (Å²) in [6.07, 6.45) is 1.86. The molecule has 2 heterocycles. The first-order chi connectivity index (χ1) is 10.7. The van der Waals surface area contributed by atoms with Gasteiger partial charge in [0, 0.05) is 30.1 Å². The minimum absolute atomic E-state index is 0.448. The quantitative estimate of drug-likeness (QED) is 0.937. The van der Waals surface area contributed by atoms with Gasteiger partial charge in [-0.2, -0.15) is 0 Å². The van der Waals surface area contributed by atoms with Gasteiger partial charge in [0.25, 0.3) is 0 Å². The number of aromatic nitrogens is 1. The third-order valence-electron chi connectivity index (χ3n) is 3.64. The predicted molar refractivity (Wildman–Crippen MR) is 81.5 cm³/mol. The van der Waals surface area contributed by atoms with Gasteiger partial charge in [0.05, 0.1) is 14.2 Å². The summed E-state index contributed by atoms with van der Waals surface area (Å²) in [4.78, 5) is 16.2. The molecule has 7 heteroatoms. The standard InChI is InChI=1S/C15H16N2O4S/c1-19-11-4-3-10(9-12(11)20-2)15(13-16-7-8-22-13)5-6-17-14(18)21-15/h3-4,7-9H,5-6H2,1-2H3,(H,17,18). The summed E-state index contributed by atoms with van der Waals surface area (Å²) < 4.78 is 16.3. The zero-order chi connectivity index (χ0) is 15.6. The van der Waals surface area contributed by atoms with Crippen LogP contribution in [0.15, 0.2) is 29.8 Å². The molecular weight excluding hydrogens is 304 g/mol. The highest BCUT2D eigenvalue weighted by Gasteiger charge is 2.43. The first-order valence-corrected chi connectivity index (χ1v) is 7.67. The summed E-state index contributed by atoms with van der Waals surface area (Å²) in [5.41, 5.74) is -0.0780. The molecule has 116 valence electrons. The van der Waals surface area contributed by atoms with Gasteiger partial charge in [-0.15, -0.1) is 11.3 Å². The summed E-state index contributed by atoms with van der Waals surface area (Å²) in [7, 11) is 3.16. The van der Waals surface area contributed by atoms with Gasteiger partial charge < -0.3 is 19.5 Å². The number of hydrogen-bond acceptors (Lipinski definition) is 6. The van der Waals surface area contributed by atoms with Gasteiger partial charge in [-0.1, -0.05) is 6.07 Å². The number of alkyl carbamates (subject to hydrolysis) is 1. The number of ether oxygens (including phenoxy) is 3. The molecule has 6 nitrogen and oxygen atoms in total. The van der Waals surface area contributed by atoms with E-state index >= 15 is 0 Å². The van der Waals surface area contributed by atoms with Crippen LogP contribution in [0, 0.1) is 0 Å². The molecule has 1 unspecified atom stereocenters. The van der Waals surface area contributed by atoms with E-state index in [-0.39, 0.29) is 0 Å². The highest BCUT2D eigenvalue weighted by atomic mass is 32.1. The van der Waals surface area contributed by atoms with E-state index in [4.69, 9.17) is 14.2 Å². The Morgan fingerprint density at radius 1 is 1.32 bits per heavy atom. The first kappa shape index (κ1) is 14.6. The average molecular weight is 320 g/mol. The van der Waals surface area contributed by atoms with Crippen LogP contribution in [0.5, 0.6) is 11.5 Å². The fourth-order valence-electron chi connectivity index (χ4n) is 2.57. The number of cyclic esters (lactones) is 1. The highest BCUT2D eigenvalue weighted by Crippen LogP contribution is 2.42. The Morgan fingerprint density at radius 3 is 2.77 bits per heavy atom. The Hall–Kier alpha value is -2.28.